The number of likely N-dealkylation sites (tertiary alicyclic amines) is 1. The molecule has 138 valence electrons. The van der Waals surface area contributed by atoms with E-state index < -0.39 is 0 Å². The maximum atomic E-state index is 12.5. The van der Waals surface area contributed by atoms with Gasteiger partial charge in [0.15, 0.2) is 0 Å². The van der Waals surface area contributed by atoms with E-state index in [1.807, 2.05) is 23.1 Å². The number of hydrogen-bond donors (Lipinski definition) is 2. The zero-order chi connectivity index (χ0) is 18.6. The van der Waals surface area contributed by atoms with Crippen LogP contribution in [0.5, 0.6) is 5.75 Å². The zero-order valence-electron chi connectivity index (χ0n) is 15.6. The van der Waals surface area contributed by atoms with E-state index in [1.165, 1.54) is 0 Å². The van der Waals surface area contributed by atoms with Gasteiger partial charge in [0.25, 0.3) is 0 Å². The van der Waals surface area contributed by atoms with Gasteiger partial charge in [0.05, 0.1) is 25.3 Å². The van der Waals surface area contributed by atoms with Gasteiger partial charge in [-0.2, -0.15) is 0 Å². The van der Waals surface area contributed by atoms with Gasteiger partial charge < -0.3 is 15.8 Å². The summed E-state index contributed by atoms with van der Waals surface area (Å²) >= 11 is 0. The molecule has 6 heteroatoms. The number of hydrogen-bond acceptors (Lipinski definition) is 4. The number of nitrogens with two attached hydrogens (primary N) is 1. The van der Waals surface area contributed by atoms with Crippen LogP contribution >= 0.6 is 0 Å². The molecule has 0 radical (unpaired) electrons. The van der Waals surface area contributed by atoms with E-state index in [4.69, 9.17) is 10.5 Å². The molecule has 25 heavy (non-hydrogen) atoms. The largest absolute Gasteiger partial charge is 0.495 e. The first-order valence-corrected chi connectivity index (χ1v) is 8.70. The van der Waals surface area contributed by atoms with Gasteiger partial charge in [-0.25, -0.2) is 0 Å². The zero-order valence-corrected chi connectivity index (χ0v) is 15.6. The van der Waals surface area contributed by atoms with Gasteiger partial charge in [-0.05, 0) is 42.5 Å². The van der Waals surface area contributed by atoms with Crippen molar-refractivity contribution in [2.75, 3.05) is 32.1 Å². The van der Waals surface area contributed by atoms with E-state index in [1.54, 1.807) is 7.11 Å². The third-order valence-corrected chi connectivity index (χ3v) is 4.61. The SMILES string of the molecule is COc1ccc(C(C)(C)C)cc1NC(=O)CN1CCC[C@H](C(N)=O)C1. The molecule has 6 nitrogen and oxygen atoms in total. The number of nitrogens with one attached hydrogen (secondary N) is 1. The molecule has 1 saturated heterocycles. The highest BCUT2D eigenvalue weighted by atomic mass is 16.5. The Morgan fingerprint density at radius 1 is 1.36 bits per heavy atom. The predicted molar refractivity (Wildman–Crippen MR) is 98.7 cm³/mol. The smallest absolute Gasteiger partial charge is 0.238 e. The Hall–Kier alpha value is -2.08. The molecule has 0 bridgehead atoms. The third kappa shape index (κ3) is 5.19. The lowest BCUT2D eigenvalue weighted by Crippen LogP contribution is -2.44. The van der Waals surface area contributed by atoms with E-state index in [-0.39, 0.29) is 29.7 Å². The van der Waals surface area contributed by atoms with Crippen LogP contribution in [-0.2, 0) is 15.0 Å². The number of ether oxygens (including phenoxy) is 1. The lowest BCUT2D eigenvalue weighted by atomic mass is 9.87. The first-order valence-electron chi connectivity index (χ1n) is 8.70. The van der Waals surface area contributed by atoms with Crippen molar-refractivity contribution in [1.82, 2.24) is 4.90 Å². The van der Waals surface area contributed by atoms with Crippen LogP contribution in [0.4, 0.5) is 5.69 Å². The van der Waals surface area contributed by atoms with Gasteiger partial charge in [0.2, 0.25) is 11.8 Å². The van der Waals surface area contributed by atoms with E-state index in [0.29, 0.717) is 18.0 Å². The highest BCUT2D eigenvalue weighted by molar-refractivity contribution is 5.94. The van der Waals surface area contributed by atoms with Crippen molar-refractivity contribution in [1.29, 1.82) is 0 Å². The van der Waals surface area contributed by atoms with Crippen LogP contribution < -0.4 is 15.8 Å². The number of carbonyl (C=O) groups excluding carboxylic acids is 2. The fourth-order valence-electron chi connectivity index (χ4n) is 3.10. The molecule has 3 N–H and O–H groups in total. The Morgan fingerprint density at radius 3 is 2.68 bits per heavy atom. The van der Waals surface area contributed by atoms with Gasteiger partial charge >= 0.3 is 0 Å². The maximum Gasteiger partial charge on any atom is 0.238 e. The van der Waals surface area contributed by atoms with Crippen LogP contribution in [0.3, 0.4) is 0 Å². The fraction of sp³-hybridized carbons (Fsp3) is 0.579. The Balaban J connectivity index is 2.05. The number of primary amides is 1. The summed E-state index contributed by atoms with van der Waals surface area (Å²) in [7, 11) is 1.59. The van der Waals surface area contributed by atoms with Crippen LogP contribution in [0.2, 0.25) is 0 Å². The van der Waals surface area contributed by atoms with Crippen LogP contribution in [0.25, 0.3) is 0 Å². The normalized spacial score (nSPS) is 18.6. The number of carbonyl (C=O) groups is 2. The predicted octanol–water partition coefficient (Wildman–Crippen LogP) is 2.13. The Kier molecular flexibility index (Phi) is 6.06. The topological polar surface area (TPSA) is 84.7 Å². The molecule has 2 amide bonds. The standard InChI is InChI=1S/C19H29N3O3/c1-19(2,3)14-7-8-16(25-4)15(10-14)21-17(23)12-22-9-5-6-13(11-22)18(20)24/h7-8,10,13H,5-6,9,11-12H2,1-4H3,(H2,20,24)(H,21,23)/t13-/m0/s1. The molecule has 2 rings (SSSR count). The van der Waals surface area contributed by atoms with E-state index in [0.717, 1.165) is 24.9 Å². The van der Waals surface area contributed by atoms with Crippen molar-refractivity contribution < 1.29 is 14.3 Å². The molecule has 1 fully saturated rings. The summed E-state index contributed by atoms with van der Waals surface area (Å²) in [5, 5.41) is 2.94. The van der Waals surface area contributed by atoms with Crippen molar-refractivity contribution in [3.63, 3.8) is 0 Å². The Bertz CT molecular complexity index is 637. The van der Waals surface area contributed by atoms with Crippen LogP contribution in [0, 0.1) is 5.92 Å². The monoisotopic (exact) mass is 347 g/mol. The summed E-state index contributed by atoms with van der Waals surface area (Å²) in [5.74, 6) is 0.0643. The van der Waals surface area contributed by atoms with Crippen LogP contribution in [0.1, 0.15) is 39.2 Å². The number of methoxy groups -OCH3 is 1. The first-order chi connectivity index (χ1) is 11.7. The molecular formula is C19H29N3O3. The second-order valence-corrected chi connectivity index (χ2v) is 7.69. The summed E-state index contributed by atoms with van der Waals surface area (Å²) in [6, 6.07) is 5.84. The molecule has 0 aromatic heterocycles. The van der Waals surface area contributed by atoms with Crippen molar-refractivity contribution in [3.8, 4) is 5.75 Å². The van der Waals surface area contributed by atoms with Crippen molar-refractivity contribution >= 4 is 17.5 Å². The lowest BCUT2D eigenvalue weighted by molar-refractivity contribution is -0.125. The Labute approximate surface area is 149 Å². The number of anilines is 1. The molecule has 1 aromatic carbocycles. The number of amides is 2. The summed E-state index contributed by atoms with van der Waals surface area (Å²) in [5.41, 5.74) is 7.17. The molecule has 0 unspecified atom stereocenters. The molecule has 1 aromatic rings. The minimum Gasteiger partial charge on any atom is -0.495 e. The first kappa shape index (κ1) is 19.2. The molecule has 1 aliphatic rings. The second-order valence-electron chi connectivity index (χ2n) is 7.69. The van der Waals surface area contributed by atoms with Crippen molar-refractivity contribution in [3.05, 3.63) is 23.8 Å². The number of benzene rings is 1. The fourth-order valence-corrected chi connectivity index (χ4v) is 3.10. The quantitative estimate of drug-likeness (QED) is 0.854. The summed E-state index contributed by atoms with van der Waals surface area (Å²) in [4.78, 5) is 25.8. The van der Waals surface area contributed by atoms with E-state index in [9.17, 15) is 9.59 Å². The molecule has 0 aliphatic carbocycles. The summed E-state index contributed by atoms with van der Waals surface area (Å²) < 4.78 is 5.36. The van der Waals surface area contributed by atoms with Gasteiger partial charge in [-0.1, -0.05) is 26.8 Å². The van der Waals surface area contributed by atoms with Gasteiger partial charge in [0.1, 0.15) is 5.75 Å². The summed E-state index contributed by atoms with van der Waals surface area (Å²) in [6.07, 6.45) is 1.68. The van der Waals surface area contributed by atoms with Crippen LogP contribution in [0.15, 0.2) is 18.2 Å². The minimum atomic E-state index is -0.287. The van der Waals surface area contributed by atoms with Gasteiger partial charge in [0, 0.05) is 6.54 Å². The third-order valence-electron chi connectivity index (χ3n) is 4.61. The number of piperidine rings is 1. The molecule has 1 aliphatic heterocycles. The molecular weight excluding hydrogens is 318 g/mol. The van der Waals surface area contributed by atoms with Crippen molar-refractivity contribution in [2.45, 2.75) is 39.0 Å². The Morgan fingerprint density at radius 2 is 2.08 bits per heavy atom. The highest BCUT2D eigenvalue weighted by Crippen LogP contribution is 2.31. The van der Waals surface area contributed by atoms with E-state index >= 15 is 0 Å². The summed E-state index contributed by atoms with van der Waals surface area (Å²) in [6.45, 7) is 7.96. The average Bonchev–Trinajstić information content (AvgIpc) is 2.54. The molecule has 1 atom stereocenters. The highest BCUT2D eigenvalue weighted by Gasteiger charge is 2.25. The second kappa shape index (κ2) is 7.87. The molecule has 0 spiro atoms. The van der Waals surface area contributed by atoms with Gasteiger partial charge in [-0.3, -0.25) is 14.5 Å². The molecule has 1 heterocycles. The minimum absolute atomic E-state index is 0.0205. The van der Waals surface area contributed by atoms with Crippen molar-refractivity contribution in [2.24, 2.45) is 11.7 Å². The molecule has 0 saturated carbocycles. The maximum absolute atomic E-state index is 12.5. The van der Waals surface area contributed by atoms with Crippen LogP contribution in [-0.4, -0.2) is 43.5 Å². The number of rotatable bonds is 5. The average molecular weight is 347 g/mol. The van der Waals surface area contributed by atoms with Gasteiger partial charge in [-0.15, -0.1) is 0 Å². The lowest BCUT2D eigenvalue weighted by Gasteiger charge is -2.30. The van der Waals surface area contributed by atoms with E-state index in [2.05, 4.69) is 26.1 Å². The number of nitrogens with zero attached hydrogens (tertiary/aromatic N) is 1.